The van der Waals surface area contributed by atoms with Gasteiger partial charge in [0.25, 0.3) is 0 Å². The molecule has 1 atom stereocenters. The van der Waals surface area contributed by atoms with Gasteiger partial charge in [0.15, 0.2) is 0 Å². The molecular formula is C20H23Cl2N5O3. The van der Waals surface area contributed by atoms with Crippen LogP contribution in [-0.2, 0) is 9.59 Å². The van der Waals surface area contributed by atoms with Crippen molar-refractivity contribution >= 4 is 41.0 Å². The number of nitrogens with zero attached hydrogens (tertiary/aromatic N) is 3. The van der Waals surface area contributed by atoms with E-state index in [4.69, 9.17) is 27.9 Å². The van der Waals surface area contributed by atoms with Gasteiger partial charge < -0.3 is 9.64 Å². The van der Waals surface area contributed by atoms with Gasteiger partial charge in [0.1, 0.15) is 5.75 Å². The summed E-state index contributed by atoms with van der Waals surface area (Å²) in [6.45, 7) is 1.64. The molecule has 2 aromatic rings. The topological polar surface area (TPSA) is 96.5 Å². The molecule has 0 spiro atoms. The van der Waals surface area contributed by atoms with Gasteiger partial charge in [0, 0.05) is 36.9 Å². The molecule has 0 aliphatic carbocycles. The lowest BCUT2D eigenvalue weighted by molar-refractivity contribution is -0.131. The van der Waals surface area contributed by atoms with Crippen LogP contribution in [0.2, 0.25) is 10.0 Å². The van der Waals surface area contributed by atoms with Crippen LogP contribution in [0.5, 0.6) is 5.75 Å². The summed E-state index contributed by atoms with van der Waals surface area (Å²) in [5, 5.41) is 0.946. The Labute approximate surface area is 184 Å². The Kier molecular flexibility index (Phi) is 8.10. The van der Waals surface area contributed by atoms with E-state index in [0.717, 1.165) is 19.4 Å². The van der Waals surface area contributed by atoms with Crippen LogP contribution in [0.3, 0.4) is 0 Å². The lowest BCUT2D eigenvalue weighted by Crippen LogP contribution is -2.49. The van der Waals surface area contributed by atoms with E-state index in [1.54, 1.807) is 36.7 Å². The van der Waals surface area contributed by atoms with Crippen LogP contribution in [0, 0.1) is 5.92 Å². The van der Waals surface area contributed by atoms with Gasteiger partial charge in [-0.25, -0.2) is 9.97 Å². The molecule has 1 aliphatic rings. The molecule has 1 saturated heterocycles. The van der Waals surface area contributed by atoms with Crippen LogP contribution >= 0.6 is 23.2 Å². The van der Waals surface area contributed by atoms with Gasteiger partial charge in [-0.1, -0.05) is 23.2 Å². The van der Waals surface area contributed by atoms with Crippen molar-refractivity contribution in [2.75, 3.05) is 24.6 Å². The standard InChI is InChI=1S/C20H23Cl2N5O3/c21-15-6-7-17(16(22)12-15)30-11-2-5-18(28)25-26-19(29)14-4-1-10-27(13-14)20-23-8-3-9-24-20/h3,6-9,12,14H,1-2,4-5,10-11,13H2,(H,25,28)(H,26,29). The van der Waals surface area contributed by atoms with E-state index >= 15 is 0 Å². The minimum absolute atomic E-state index is 0.208. The number of hydrogen-bond acceptors (Lipinski definition) is 6. The number of piperidine rings is 1. The van der Waals surface area contributed by atoms with Gasteiger partial charge in [-0.15, -0.1) is 0 Å². The number of benzene rings is 1. The van der Waals surface area contributed by atoms with Gasteiger partial charge in [-0.3, -0.25) is 20.4 Å². The van der Waals surface area contributed by atoms with Crippen LogP contribution in [0.1, 0.15) is 25.7 Å². The first-order valence-corrected chi connectivity index (χ1v) is 10.5. The Balaban J connectivity index is 1.35. The highest BCUT2D eigenvalue weighted by Crippen LogP contribution is 2.27. The van der Waals surface area contributed by atoms with E-state index in [-0.39, 0.29) is 24.2 Å². The molecule has 2 amide bonds. The zero-order chi connectivity index (χ0) is 21.3. The second-order valence-corrected chi connectivity index (χ2v) is 7.74. The highest BCUT2D eigenvalue weighted by atomic mass is 35.5. The van der Waals surface area contributed by atoms with Crippen LogP contribution in [0.15, 0.2) is 36.7 Å². The summed E-state index contributed by atoms with van der Waals surface area (Å²) in [7, 11) is 0. The number of rotatable bonds is 7. The normalized spacial score (nSPS) is 16.1. The molecule has 0 bridgehead atoms. The average molecular weight is 452 g/mol. The zero-order valence-corrected chi connectivity index (χ0v) is 17.8. The fourth-order valence-electron chi connectivity index (χ4n) is 3.13. The third-order valence-corrected chi connectivity index (χ3v) is 5.18. The van der Waals surface area contributed by atoms with Crippen molar-refractivity contribution in [1.82, 2.24) is 20.8 Å². The highest BCUT2D eigenvalue weighted by Gasteiger charge is 2.27. The minimum atomic E-state index is -0.284. The van der Waals surface area contributed by atoms with Crippen molar-refractivity contribution in [2.45, 2.75) is 25.7 Å². The SMILES string of the molecule is O=C(CCCOc1ccc(Cl)cc1Cl)NNC(=O)C1CCCN(c2ncccn2)C1. The number of amides is 2. The summed E-state index contributed by atoms with van der Waals surface area (Å²) in [6, 6.07) is 6.71. The van der Waals surface area contributed by atoms with E-state index in [0.29, 0.717) is 41.3 Å². The number of hydrogen-bond donors (Lipinski definition) is 2. The van der Waals surface area contributed by atoms with Crippen molar-refractivity contribution in [3.05, 3.63) is 46.7 Å². The number of aromatic nitrogens is 2. The summed E-state index contributed by atoms with van der Waals surface area (Å²) in [6.07, 6.45) is 5.65. The lowest BCUT2D eigenvalue weighted by atomic mass is 9.98. The molecule has 8 nitrogen and oxygen atoms in total. The number of nitrogens with one attached hydrogen (secondary N) is 2. The van der Waals surface area contributed by atoms with Crippen LogP contribution < -0.4 is 20.5 Å². The predicted molar refractivity (Wildman–Crippen MR) is 114 cm³/mol. The second kappa shape index (κ2) is 11.0. The Bertz CT molecular complexity index is 869. The van der Waals surface area contributed by atoms with Gasteiger partial charge in [0.05, 0.1) is 17.5 Å². The Morgan fingerprint density at radius 3 is 2.77 bits per heavy atom. The van der Waals surface area contributed by atoms with Crippen molar-refractivity contribution < 1.29 is 14.3 Å². The number of halogens is 2. The second-order valence-electron chi connectivity index (χ2n) is 6.90. The molecule has 0 saturated carbocycles. The zero-order valence-electron chi connectivity index (χ0n) is 16.3. The van der Waals surface area contributed by atoms with E-state index in [9.17, 15) is 9.59 Å². The summed E-state index contributed by atoms with van der Waals surface area (Å²) >= 11 is 11.9. The number of ether oxygens (including phenoxy) is 1. The summed E-state index contributed by atoms with van der Waals surface area (Å²) < 4.78 is 5.54. The molecule has 30 heavy (non-hydrogen) atoms. The Morgan fingerprint density at radius 2 is 2.00 bits per heavy atom. The molecular weight excluding hydrogens is 429 g/mol. The molecule has 1 aromatic heterocycles. The van der Waals surface area contributed by atoms with E-state index < -0.39 is 0 Å². The molecule has 1 aromatic carbocycles. The smallest absolute Gasteiger partial charge is 0.243 e. The third-order valence-electron chi connectivity index (χ3n) is 4.65. The molecule has 3 rings (SSSR count). The molecule has 1 fully saturated rings. The maximum Gasteiger partial charge on any atom is 0.243 e. The molecule has 1 aliphatic heterocycles. The number of carbonyl (C=O) groups is 2. The third kappa shape index (κ3) is 6.47. The predicted octanol–water partition coefficient (Wildman–Crippen LogP) is 3.01. The molecule has 2 N–H and O–H groups in total. The quantitative estimate of drug-likeness (QED) is 0.495. The van der Waals surface area contributed by atoms with Crippen LogP contribution in [-0.4, -0.2) is 41.5 Å². The van der Waals surface area contributed by atoms with Crippen LogP contribution in [0.4, 0.5) is 5.95 Å². The number of hydrazine groups is 1. The number of carbonyl (C=O) groups excluding carboxylic acids is 2. The fourth-order valence-corrected chi connectivity index (χ4v) is 3.59. The first-order valence-electron chi connectivity index (χ1n) is 9.71. The molecule has 160 valence electrons. The summed E-state index contributed by atoms with van der Waals surface area (Å²) in [5.74, 6) is 0.387. The monoisotopic (exact) mass is 451 g/mol. The average Bonchev–Trinajstić information content (AvgIpc) is 2.77. The fraction of sp³-hybridized carbons (Fsp3) is 0.400. The van der Waals surface area contributed by atoms with Crippen molar-refractivity contribution in [3.63, 3.8) is 0 Å². The van der Waals surface area contributed by atoms with Gasteiger partial charge >= 0.3 is 0 Å². The van der Waals surface area contributed by atoms with E-state index in [1.807, 2.05) is 4.90 Å². The largest absolute Gasteiger partial charge is 0.492 e. The molecule has 0 radical (unpaired) electrons. The van der Waals surface area contributed by atoms with Gasteiger partial charge in [0.2, 0.25) is 17.8 Å². The Hall–Kier alpha value is -2.58. The van der Waals surface area contributed by atoms with Crippen molar-refractivity contribution in [3.8, 4) is 5.75 Å². The first-order chi connectivity index (χ1) is 14.5. The van der Waals surface area contributed by atoms with Crippen molar-refractivity contribution in [2.24, 2.45) is 5.92 Å². The van der Waals surface area contributed by atoms with E-state index in [2.05, 4.69) is 20.8 Å². The maximum absolute atomic E-state index is 12.4. The van der Waals surface area contributed by atoms with E-state index in [1.165, 1.54) is 0 Å². The first kappa shape index (κ1) is 22.1. The molecule has 10 heteroatoms. The lowest BCUT2D eigenvalue weighted by Gasteiger charge is -2.31. The van der Waals surface area contributed by atoms with Crippen LogP contribution in [0.25, 0.3) is 0 Å². The summed E-state index contributed by atoms with van der Waals surface area (Å²) in [5.41, 5.74) is 4.98. The molecule has 2 heterocycles. The minimum Gasteiger partial charge on any atom is -0.492 e. The Morgan fingerprint density at radius 1 is 1.20 bits per heavy atom. The van der Waals surface area contributed by atoms with Gasteiger partial charge in [-0.2, -0.15) is 0 Å². The summed E-state index contributed by atoms with van der Waals surface area (Å²) in [4.78, 5) is 34.8. The van der Waals surface area contributed by atoms with Gasteiger partial charge in [-0.05, 0) is 43.5 Å². The van der Waals surface area contributed by atoms with Crippen molar-refractivity contribution in [1.29, 1.82) is 0 Å². The number of anilines is 1. The highest BCUT2D eigenvalue weighted by molar-refractivity contribution is 6.35. The molecule has 1 unspecified atom stereocenters. The maximum atomic E-state index is 12.4.